The molecule has 0 radical (unpaired) electrons. The van der Waals surface area contributed by atoms with E-state index >= 15 is 0 Å². The lowest BCUT2D eigenvalue weighted by molar-refractivity contribution is 0.280. The number of nitrogens with zero attached hydrogens (tertiary/aromatic N) is 6. The second-order valence-corrected chi connectivity index (χ2v) is 8.23. The molecule has 0 saturated carbocycles. The Morgan fingerprint density at radius 3 is 2.68 bits per heavy atom. The molecular weight excluding hydrogens is 465 g/mol. The zero-order valence-corrected chi connectivity index (χ0v) is 20.3. The van der Waals surface area contributed by atoms with Gasteiger partial charge in [-0.1, -0.05) is 0 Å². The molecule has 0 amide bonds. The van der Waals surface area contributed by atoms with E-state index in [9.17, 15) is 0 Å². The number of aromatic nitrogens is 2. The molecule has 0 spiro atoms. The molecule has 2 saturated heterocycles. The second kappa shape index (κ2) is 11.3. The van der Waals surface area contributed by atoms with Crippen molar-refractivity contribution in [2.45, 2.75) is 32.2 Å². The number of rotatable bonds is 7. The Labute approximate surface area is 187 Å². The first kappa shape index (κ1) is 23.4. The van der Waals surface area contributed by atoms with Crippen LogP contribution in [0.5, 0.6) is 0 Å². The van der Waals surface area contributed by atoms with Gasteiger partial charge in [0.25, 0.3) is 0 Å². The molecule has 2 unspecified atom stereocenters. The first-order chi connectivity index (χ1) is 13.1. The molecule has 0 aliphatic carbocycles. The molecule has 1 aromatic rings. The minimum Gasteiger partial charge on any atom is -0.357 e. The van der Waals surface area contributed by atoms with Crippen molar-refractivity contribution in [3.05, 3.63) is 18.0 Å². The fourth-order valence-electron chi connectivity index (χ4n) is 4.28. The summed E-state index contributed by atoms with van der Waals surface area (Å²) in [6.07, 6.45) is 8.08. The lowest BCUT2D eigenvalue weighted by Crippen LogP contribution is -2.41. The predicted molar refractivity (Wildman–Crippen MR) is 126 cm³/mol. The Hall–Kier alpha value is -0.870. The molecule has 2 aliphatic heterocycles. The number of likely N-dealkylation sites (tertiary alicyclic amines) is 2. The summed E-state index contributed by atoms with van der Waals surface area (Å²) < 4.78 is 1.87. The SMILES string of the molecule is CCNC(=NCC(c1cnn(C)c1)N(C)C)N1CCC(CN2CCCC2)C1.I. The highest BCUT2D eigenvalue weighted by molar-refractivity contribution is 14.0. The molecule has 28 heavy (non-hydrogen) atoms. The molecule has 1 N–H and O–H groups in total. The van der Waals surface area contributed by atoms with E-state index in [4.69, 9.17) is 4.99 Å². The Bertz CT molecular complexity index is 609. The van der Waals surface area contributed by atoms with Crippen LogP contribution >= 0.6 is 24.0 Å². The zero-order valence-electron chi connectivity index (χ0n) is 18.0. The van der Waals surface area contributed by atoms with Crippen molar-refractivity contribution in [3.8, 4) is 0 Å². The summed E-state index contributed by atoms with van der Waals surface area (Å²) in [4.78, 5) is 12.3. The van der Waals surface area contributed by atoms with Crippen LogP contribution in [0.1, 0.15) is 37.8 Å². The van der Waals surface area contributed by atoms with E-state index in [1.165, 1.54) is 44.5 Å². The average molecular weight is 503 g/mol. The van der Waals surface area contributed by atoms with Crippen LogP contribution in [0.25, 0.3) is 0 Å². The first-order valence-electron chi connectivity index (χ1n) is 10.5. The monoisotopic (exact) mass is 503 g/mol. The van der Waals surface area contributed by atoms with E-state index in [1.807, 2.05) is 17.9 Å². The van der Waals surface area contributed by atoms with Gasteiger partial charge < -0.3 is 20.0 Å². The van der Waals surface area contributed by atoms with Gasteiger partial charge in [0.05, 0.1) is 18.8 Å². The van der Waals surface area contributed by atoms with E-state index in [1.54, 1.807) is 0 Å². The smallest absolute Gasteiger partial charge is 0.193 e. The minimum absolute atomic E-state index is 0. The molecule has 1 aromatic heterocycles. The number of halogens is 1. The van der Waals surface area contributed by atoms with Crippen molar-refractivity contribution in [1.29, 1.82) is 0 Å². The summed E-state index contributed by atoms with van der Waals surface area (Å²) in [5.41, 5.74) is 1.22. The number of hydrogen-bond acceptors (Lipinski definition) is 4. The topological polar surface area (TPSA) is 51.9 Å². The van der Waals surface area contributed by atoms with Crippen molar-refractivity contribution < 1.29 is 0 Å². The van der Waals surface area contributed by atoms with Crippen LogP contribution in [-0.4, -0.2) is 90.3 Å². The standard InChI is InChI=1S/C20H37N7.HI/c1-5-21-20(22-13-19(24(2)3)18-12-23-25(4)16-18)27-11-8-17(15-27)14-26-9-6-7-10-26;/h12,16-17,19H,5-11,13-15H2,1-4H3,(H,21,22);1H. The largest absolute Gasteiger partial charge is 0.357 e. The van der Waals surface area contributed by atoms with Crippen LogP contribution in [0.2, 0.25) is 0 Å². The van der Waals surface area contributed by atoms with Gasteiger partial charge in [0.1, 0.15) is 0 Å². The summed E-state index contributed by atoms with van der Waals surface area (Å²) in [5, 5.41) is 7.84. The van der Waals surface area contributed by atoms with Crippen LogP contribution in [0.3, 0.4) is 0 Å². The van der Waals surface area contributed by atoms with E-state index in [2.05, 4.69) is 52.3 Å². The molecule has 2 aliphatic rings. The van der Waals surface area contributed by atoms with Crippen LogP contribution in [-0.2, 0) is 7.05 Å². The number of nitrogens with one attached hydrogen (secondary N) is 1. The molecule has 3 heterocycles. The van der Waals surface area contributed by atoms with Gasteiger partial charge in [-0.25, -0.2) is 0 Å². The van der Waals surface area contributed by atoms with E-state index in [0.717, 1.165) is 38.1 Å². The molecule has 7 nitrogen and oxygen atoms in total. The Morgan fingerprint density at radius 2 is 2.07 bits per heavy atom. The minimum atomic E-state index is 0. The summed E-state index contributed by atoms with van der Waals surface area (Å²) in [6, 6.07) is 0.246. The van der Waals surface area contributed by atoms with Crippen molar-refractivity contribution in [1.82, 2.24) is 29.8 Å². The number of likely N-dealkylation sites (N-methyl/N-ethyl adjacent to an activating group) is 1. The van der Waals surface area contributed by atoms with Gasteiger partial charge in [-0.15, -0.1) is 24.0 Å². The lowest BCUT2D eigenvalue weighted by atomic mass is 10.1. The maximum absolute atomic E-state index is 5.01. The van der Waals surface area contributed by atoms with Gasteiger partial charge in [-0.2, -0.15) is 5.10 Å². The van der Waals surface area contributed by atoms with Crippen molar-refractivity contribution in [2.24, 2.45) is 18.0 Å². The highest BCUT2D eigenvalue weighted by Gasteiger charge is 2.27. The highest BCUT2D eigenvalue weighted by atomic mass is 127. The van der Waals surface area contributed by atoms with Gasteiger partial charge in [0, 0.05) is 45.0 Å². The molecule has 160 valence electrons. The third-order valence-electron chi connectivity index (χ3n) is 5.78. The average Bonchev–Trinajstić information content (AvgIpc) is 3.37. The predicted octanol–water partition coefficient (Wildman–Crippen LogP) is 2.02. The quantitative estimate of drug-likeness (QED) is 0.351. The number of guanidine groups is 1. The summed E-state index contributed by atoms with van der Waals surface area (Å²) in [6.45, 7) is 9.88. The molecule has 3 rings (SSSR count). The van der Waals surface area contributed by atoms with Crippen molar-refractivity contribution in [2.75, 3.05) is 59.9 Å². The molecule has 2 fully saturated rings. The second-order valence-electron chi connectivity index (χ2n) is 8.23. The number of aliphatic imine (C=N–C) groups is 1. The Kier molecular flexibility index (Phi) is 9.49. The summed E-state index contributed by atoms with van der Waals surface area (Å²) in [5.74, 6) is 1.84. The third-order valence-corrected chi connectivity index (χ3v) is 5.78. The van der Waals surface area contributed by atoms with Gasteiger partial charge in [-0.3, -0.25) is 9.67 Å². The highest BCUT2D eigenvalue weighted by Crippen LogP contribution is 2.21. The van der Waals surface area contributed by atoms with Crippen LogP contribution in [0.4, 0.5) is 0 Å². The summed E-state index contributed by atoms with van der Waals surface area (Å²) in [7, 11) is 6.19. The third kappa shape index (κ3) is 6.32. The number of hydrogen-bond donors (Lipinski definition) is 1. The van der Waals surface area contributed by atoms with Crippen molar-refractivity contribution in [3.63, 3.8) is 0 Å². The zero-order chi connectivity index (χ0) is 19.2. The maximum atomic E-state index is 5.01. The number of aryl methyl sites for hydroxylation is 1. The van der Waals surface area contributed by atoms with Crippen LogP contribution in [0.15, 0.2) is 17.4 Å². The van der Waals surface area contributed by atoms with Gasteiger partial charge in [-0.05, 0) is 59.3 Å². The van der Waals surface area contributed by atoms with Crippen molar-refractivity contribution >= 4 is 29.9 Å². The van der Waals surface area contributed by atoms with E-state index < -0.39 is 0 Å². The van der Waals surface area contributed by atoms with E-state index in [0.29, 0.717) is 0 Å². The molecule has 2 atom stereocenters. The first-order valence-corrected chi connectivity index (χ1v) is 10.5. The van der Waals surface area contributed by atoms with Crippen LogP contribution in [0, 0.1) is 5.92 Å². The molecule has 0 aromatic carbocycles. The van der Waals surface area contributed by atoms with E-state index in [-0.39, 0.29) is 30.0 Å². The normalized spacial score (nSPS) is 22.0. The fraction of sp³-hybridized carbons (Fsp3) is 0.800. The molecule has 8 heteroatoms. The fourth-order valence-corrected chi connectivity index (χ4v) is 4.28. The van der Waals surface area contributed by atoms with Gasteiger partial charge in [0.15, 0.2) is 5.96 Å². The Balaban J connectivity index is 0.00000280. The van der Waals surface area contributed by atoms with Gasteiger partial charge >= 0.3 is 0 Å². The van der Waals surface area contributed by atoms with Crippen LogP contribution < -0.4 is 5.32 Å². The summed E-state index contributed by atoms with van der Waals surface area (Å²) >= 11 is 0. The molecular formula is C20H38IN7. The van der Waals surface area contributed by atoms with Gasteiger partial charge in [0.2, 0.25) is 0 Å². The lowest BCUT2D eigenvalue weighted by Gasteiger charge is -2.25. The molecule has 0 bridgehead atoms. The Morgan fingerprint density at radius 1 is 1.32 bits per heavy atom. The maximum Gasteiger partial charge on any atom is 0.193 e.